The highest BCUT2D eigenvalue weighted by molar-refractivity contribution is 5.96. The van der Waals surface area contributed by atoms with Crippen LogP contribution in [0.5, 0.6) is 5.75 Å². The van der Waals surface area contributed by atoms with Crippen molar-refractivity contribution in [3.63, 3.8) is 0 Å². The minimum atomic E-state index is -0.192. The fraction of sp³-hybridized carbons (Fsp3) is 0.462. The molecule has 1 aromatic carbocycles. The molecule has 0 spiro atoms. The molecular weight excluding hydrogens is 216 g/mol. The third-order valence-corrected chi connectivity index (χ3v) is 2.92. The van der Waals surface area contributed by atoms with Gasteiger partial charge in [0.25, 0.3) is 5.91 Å². The molecule has 0 saturated carbocycles. The van der Waals surface area contributed by atoms with E-state index in [0.29, 0.717) is 17.7 Å². The van der Waals surface area contributed by atoms with Crippen molar-refractivity contribution in [3.8, 4) is 5.75 Å². The molecule has 0 radical (unpaired) electrons. The molecule has 0 aliphatic rings. The summed E-state index contributed by atoms with van der Waals surface area (Å²) in [7, 11) is 0. The van der Waals surface area contributed by atoms with Gasteiger partial charge >= 0.3 is 0 Å². The van der Waals surface area contributed by atoms with E-state index in [-0.39, 0.29) is 23.6 Å². The summed E-state index contributed by atoms with van der Waals surface area (Å²) < 4.78 is 0. The van der Waals surface area contributed by atoms with Crippen molar-refractivity contribution in [2.24, 2.45) is 11.7 Å². The van der Waals surface area contributed by atoms with Crippen molar-refractivity contribution >= 4 is 5.91 Å². The number of hydrogen-bond acceptors (Lipinski definition) is 3. The predicted molar refractivity (Wildman–Crippen MR) is 68.0 cm³/mol. The van der Waals surface area contributed by atoms with Gasteiger partial charge in [0.2, 0.25) is 0 Å². The highest BCUT2D eigenvalue weighted by Gasteiger charge is 2.17. The van der Waals surface area contributed by atoms with Crippen LogP contribution in [0.4, 0.5) is 0 Å². The van der Waals surface area contributed by atoms with Crippen LogP contribution in [0.3, 0.4) is 0 Å². The maximum absolute atomic E-state index is 12.0. The van der Waals surface area contributed by atoms with Crippen molar-refractivity contribution < 1.29 is 9.90 Å². The lowest BCUT2D eigenvalue weighted by Gasteiger charge is -2.21. The van der Waals surface area contributed by atoms with Crippen molar-refractivity contribution in [2.45, 2.75) is 26.8 Å². The Balaban J connectivity index is 2.86. The third kappa shape index (κ3) is 3.20. The van der Waals surface area contributed by atoms with Gasteiger partial charge in [-0.25, -0.2) is 0 Å². The molecule has 4 N–H and O–H groups in total. The number of carbonyl (C=O) groups excluding carboxylic acids is 1. The fourth-order valence-corrected chi connectivity index (χ4v) is 1.61. The molecule has 0 saturated heterocycles. The number of amides is 1. The summed E-state index contributed by atoms with van der Waals surface area (Å²) in [5, 5.41) is 12.4. The van der Waals surface area contributed by atoms with E-state index in [1.165, 1.54) is 0 Å². The first-order chi connectivity index (χ1) is 7.97. The van der Waals surface area contributed by atoms with E-state index in [4.69, 9.17) is 5.73 Å². The smallest absolute Gasteiger partial charge is 0.251 e. The molecule has 0 bridgehead atoms. The summed E-state index contributed by atoms with van der Waals surface area (Å²) >= 11 is 0. The van der Waals surface area contributed by atoms with Crippen LogP contribution in [0, 0.1) is 12.8 Å². The van der Waals surface area contributed by atoms with Crippen LogP contribution in [0.1, 0.15) is 29.8 Å². The maximum Gasteiger partial charge on any atom is 0.251 e. The summed E-state index contributed by atoms with van der Waals surface area (Å²) in [6, 6.07) is 4.86. The van der Waals surface area contributed by atoms with E-state index >= 15 is 0 Å². The van der Waals surface area contributed by atoms with Gasteiger partial charge in [0.1, 0.15) is 5.75 Å². The van der Waals surface area contributed by atoms with E-state index < -0.39 is 0 Å². The van der Waals surface area contributed by atoms with E-state index in [1.807, 2.05) is 13.8 Å². The summed E-state index contributed by atoms with van der Waals surface area (Å²) in [5.41, 5.74) is 6.68. The lowest BCUT2D eigenvalue weighted by atomic mass is 10.0. The predicted octanol–water partition coefficient (Wildman–Crippen LogP) is 1.41. The topological polar surface area (TPSA) is 75.3 Å². The van der Waals surface area contributed by atoms with Gasteiger partial charge in [0.05, 0.1) is 0 Å². The first-order valence-electron chi connectivity index (χ1n) is 5.76. The van der Waals surface area contributed by atoms with Crippen LogP contribution in [0.25, 0.3) is 0 Å². The van der Waals surface area contributed by atoms with Gasteiger partial charge in [-0.1, -0.05) is 19.9 Å². The number of nitrogens with one attached hydrogen (secondary N) is 1. The van der Waals surface area contributed by atoms with E-state index in [1.54, 1.807) is 25.1 Å². The van der Waals surface area contributed by atoms with Gasteiger partial charge in [-0.3, -0.25) is 4.79 Å². The monoisotopic (exact) mass is 236 g/mol. The molecule has 4 heteroatoms. The molecule has 94 valence electrons. The molecule has 0 heterocycles. The minimum Gasteiger partial charge on any atom is -0.508 e. The molecule has 1 aromatic rings. The SMILES string of the molecule is Cc1c(O)cccc1C(=O)NC(CN)C(C)C. The number of phenols is 1. The molecule has 1 atom stereocenters. The lowest BCUT2D eigenvalue weighted by molar-refractivity contribution is 0.0926. The second-order valence-electron chi connectivity index (χ2n) is 4.51. The summed E-state index contributed by atoms with van der Waals surface area (Å²) in [6.45, 7) is 6.14. The van der Waals surface area contributed by atoms with Gasteiger partial charge in [-0.15, -0.1) is 0 Å². The number of rotatable bonds is 4. The summed E-state index contributed by atoms with van der Waals surface area (Å²) in [6.07, 6.45) is 0. The van der Waals surface area contributed by atoms with Crippen LogP contribution in [0.15, 0.2) is 18.2 Å². The van der Waals surface area contributed by atoms with Crippen LogP contribution in [0.2, 0.25) is 0 Å². The molecular formula is C13H20N2O2. The molecule has 0 aromatic heterocycles. The standard InChI is InChI=1S/C13H20N2O2/c1-8(2)11(7-14)15-13(17)10-5-4-6-12(16)9(10)3/h4-6,8,11,16H,7,14H2,1-3H3,(H,15,17). The zero-order valence-electron chi connectivity index (χ0n) is 10.5. The van der Waals surface area contributed by atoms with Crippen LogP contribution in [-0.4, -0.2) is 23.6 Å². The van der Waals surface area contributed by atoms with Crippen LogP contribution < -0.4 is 11.1 Å². The molecule has 4 nitrogen and oxygen atoms in total. The average molecular weight is 236 g/mol. The number of phenolic OH excluding ortho intramolecular Hbond substituents is 1. The molecule has 1 unspecified atom stereocenters. The average Bonchev–Trinajstić information content (AvgIpc) is 2.28. The number of nitrogens with two attached hydrogens (primary N) is 1. The van der Waals surface area contributed by atoms with Crippen molar-refractivity contribution in [3.05, 3.63) is 29.3 Å². The van der Waals surface area contributed by atoms with E-state index in [2.05, 4.69) is 5.32 Å². The van der Waals surface area contributed by atoms with Crippen molar-refractivity contribution in [1.29, 1.82) is 0 Å². The highest BCUT2D eigenvalue weighted by atomic mass is 16.3. The molecule has 1 amide bonds. The Hall–Kier alpha value is -1.55. The fourth-order valence-electron chi connectivity index (χ4n) is 1.61. The first kappa shape index (κ1) is 13.5. The highest BCUT2D eigenvalue weighted by Crippen LogP contribution is 2.19. The number of benzene rings is 1. The zero-order chi connectivity index (χ0) is 13.0. The Morgan fingerprint density at radius 2 is 2.12 bits per heavy atom. The Morgan fingerprint density at radius 1 is 1.47 bits per heavy atom. The van der Waals surface area contributed by atoms with Crippen LogP contribution in [-0.2, 0) is 0 Å². The quantitative estimate of drug-likeness (QED) is 0.740. The van der Waals surface area contributed by atoms with Gasteiger partial charge in [-0.2, -0.15) is 0 Å². The first-order valence-corrected chi connectivity index (χ1v) is 5.76. The van der Waals surface area contributed by atoms with E-state index in [9.17, 15) is 9.90 Å². The number of carbonyl (C=O) groups is 1. The maximum atomic E-state index is 12.0. The second kappa shape index (κ2) is 5.68. The van der Waals surface area contributed by atoms with Gasteiger partial charge in [0, 0.05) is 23.7 Å². The third-order valence-electron chi connectivity index (χ3n) is 2.92. The number of hydrogen-bond donors (Lipinski definition) is 3. The molecule has 0 aliphatic heterocycles. The molecule has 0 aliphatic carbocycles. The Labute approximate surface area is 102 Å². The molecule has 0 fully saturated rings. The number of aromatic hydroxyl groups is 1. The van der Waals surface area contributed by atoms with Crippen molar-refractivity contribution in [2.75, 3.05) is 6.54 Å². The molecule has 17 heavy (non-hydrogen) atoms. The van der Waals surface area contributed by atoms with Crippen molar-refractivity contribution in [1.82, 2.24) is 5.32 Å². The minimum absolute atomic E-state index is 0.0516. The second-order valence-corrected chi connectivity index (χ2v) is 4.51. The zero-order valence-corrected chi connectivity index (χ0v) is 10.5. The Kier molecular flexibility index (Phi) is 4.52. The summed E-state index contributed by atoms with van der Waals surface area (Å²) in [4.78, 5) is 12.0. The normalized spacial score (nSPS) is 12.5. The van der Waals surface area contributed by atoms with Gasteiger partial charge in [-0.05, 0) is 25.0 Å². The lowest BCUT2D eigenvalue weighted by Crippen LogP contribution is -2.43. The van der Waals surface area contributed by atoms with E-state index in [0.717, 1.165) is 0 Å². The largest absolute Gasteiger partial charge is 0.508 e. The van der Waals surface area contributed by atoms with Gasteiger partial charge in [0.15, 0.2) is 0 Å². The Morgan fingerprint density at radius 3 is 2.65 bits per heavy atom. The van der Waals surface area contributed by atoms with Gasteiger partial charge < -0.3 is 16.2 Å². The van der Waals surface area contributed by atoms with Crippen LogP contribution >= 0.6 is 0 Å². The summed E-state index contributed by atoms with van der Waals surface area (Å²) in [5.74, 6) is 0.218. The molecule has 1 rings (SSSR count). The Bertz CT molecular complexity index is 402.